The quantitative estimate of drug-likeness (QED) is 0.197. The number of anilines is 1. The number of likely N-dealkylation sites (N-methyl/N-ethyl adjacent to an activating group) is 1. The van der Waals surface area contributed by atoms with E-state index in [0.29, 0.717) is 39.5 Å². The van der Waals surface area contributed by atoms with Gasteiger partial charge in [0.15, 0.2) is 5.82 Å². The second kappa shape index (κ2) is 12.1. The molecule has 1 aliphatic rings. The molecular formula is C34H32ClFN6O3. The van der Waals surface area contributed by atoms with Crippen LogP contribution in [0.3, 0.4) is 0 Å². The molecule has 0 saturated carbocycles. The number of ether oxygens (including phenoxy) is 1. The summed E-state index contributed by atoms with van der Waals surface area (Å²) in [6.07, 6.45) is 3.51. The van der Waals surface area contributed by atoms with Crippen LogP contribution in [0.2, 0.25) is 5.02 Å². The summed E-state index contributed by atoms with van der Waals surface area (Å²) >= 11 is 7.09. The Morgan fingerprint density at radius 2 is 1.80 bits per heavy atom. The van der Waals surface area contributed by atoms with Crippen LogP contribution in [0.1, 0.15) is 5.56 Å². The number of benzene rings is 4. The van der Waals surface area contributed by atoms with E-state index in [0.717, 1.165) is 59.8 Å². The van der Waals surface area contributed by atoms with Gasteiger partial charge in [-0.25, -0.2) is 18.7 Å². The van der Waals surface area contributed by atoms with Crippen molar-refractivity contribution in [3.8, 4) is 5.75 Å². The van der Waals surface area contributed by atoms with E-state index in [4.69, 9.17) is 16.3 Å². The number of hydrogen-bond donors (Lipinski definition) is 2. The molecule has 7 rings (SSSR count). The molecule has 3 heterocycles. The number of halogens is 2. The second-order valence-electron chi connectivity index (χ2n) is 11.5. The summed E-state index contributed by atoms with van der Waals surface area (Å²) in [6, 6.07) is 16.9. The molecule has 2 aromatic heterocycles. The minimum Gasteiger partial charge on any atom is -0.491 e. The van der Waals surface area contributed by atoms with Crippen LogP contribution in [0.15, 0.2) is 73.2 Å². The molecule has 0 aliphatic carbocycles. The Morgan fingerprint density at radius 3 is 2.58 bits per heavy atom. The minimum atomic E-state index is -1.00. The highest BCUT2D eigenvalue weighted by Crippen LogP contribution is 2.45. The maximum Gasteiger partial charge on any atom is 0.326 e. The molecule has 230 valence electrons. The minimum absolute atomic E-state index is 0.259. The van der Waals surface area contributed by atoms with Crippen LogP contribution >= 0.6 is 11.6 Å². The van der Waals surface area contributed by atoms with Crippen molar-refractivity contribution < 1.29 is 19.0 Å². The van der Waals surface area contributed by atoms with Crippen LogP contribution in [0.25, 0.3) is 37.8 Å². The fourth-order valence-corrected chi connectivity index (χ4v) is 6.58. The average molecular weight is 627 g/mol. The Labute approximate surface area is 263 Å². The van der Waals surface area contributed by atoms with Crippen LogP contribution < -0.4 is 10.1 Å². The standard InChI is InChI=1S/C34H32ClFN6O3/c1-40-11-13-41(14-12-40)15-16-45-28-10-9-24-29(31(28)35)25-18-22(36)7-8-23(25)26-19-42-32(30(24)26)33(37-20-38-42)39-27(34(43)44)17-21-5-3-2-4-6-21/h2-10,18-20,27H,11-17H2,1H3,(H,43,44)(H,37,38,39)/t27-/m1/s1. The zero-order chi connectivity index (χ0) is 31.1. The summed E-state index contributed by atoms with van der Waals surface area (Å²) in [5.74, 6) is -0.486. The number of aromatic nitrogens is 3. The van der Waals surface area contributed by atoms with Crippen LogP contribution in [0.5, 0.6) is 5.75 Å². The van der Waals surface area contributed by atoms with Gasteiger partial charge in [0.1, 0.15) is 36.1 Å². The van der Waals surface area contributed by atoms with Gasteiger partial charge in [-0.1, -0.05) is 48.0 Å². The lowest BCUT2D eigenvalue weighted by Gasteiger charge is -2.32. The maximum atomic E-state index is 14.7. The number of nitrogens with one attached hydrogen (secondary N) is 1. The normalized spacial score (nSPS) is 15.3. The van der Waals surface area contributed by atoms with Gasteiger partial charge in [0.05, 0.1) is 5.02 Å². The molecule has 11 heteroatoms. The number of hydrogen-bond acceptors (Lipinski definition) is 7. The van der Waals surface area contributed by atoms with Crippen LogP contribution in [-0.2, 0) is 11.2 Å². The molecule has 2 N–H and O–H groups in total. The summed E-state index contributed by atoms with van der Waals surface area (Å²) in [5.41, 5.74) is 1.48. The third-order valence-corrected chi connectivity index (χ3v) is 9.02. The van der Waals surface area contributed by atoms with Crippen molar-refractivity contribution in [1.82, 2.24) is 24.4 Å². The van der Waals surface area contributed by atoms with Crippen LogP contribution in [-0.4, -0.2) is 87.9 Å². The predicted molar refractivity (Wildman–Crippen MR) is 175 cm³/mol. The molecule has 6 aromatic rings. The Bertz CT molecular complexity index is 2050. The monoisotopic (exact) mass is 626 g/mol. The summed E-state index contributed by atoms with van der Waals surface area (Å²) < 4.78 is 22.6. The fraction of sp³-hybridized carbons (Fsp3) is 0.265. The van der Waals surface area contributed by atoms with Gasteiger partial charge in [0.25, 0.3) is 0 Å². The summed E-state index contributed by atoms with van der Waals surface area (Å²) in [4.78, 5) is 21.5. The van der Waals surface area contributed by atoms with E-state index < -0.39 is 12.0 Å². The van der Waals surface area contributed by atoms with Crippen molar-refractivity contribution >= 4 is 61.2 Å². The molecule has 1 saturated heterocycles. The van der Waals surface area contributed by atoms with Crippen molar-refractivity contribution in [2.45, 2.75) is 12.5 Å². The van der Waals surface area contributed by atoms with E-state index in [-0.39, 0.29) is 12.2 Å². The number of carboxylic acids is 1. The average Bonchev–Trinajstić information content (AvgIpc) is 3.44. The third-order valence-electron chi connectivity index (χ3n) is 8.64. The lowest BCUT2D eigenvalue weighted by molar-refractivity contribution is -0.137. The van der Waals surface area contributed by atoms with Gasteiger partial charge in [-0.2, -0.15) is 5.10 Å². The van der Waals surface area contributed by atoms with Gasteiger partial charge in [-0.3, -0.25) is 4.90 Å². The van der Waals surface area contributed by atoms with E-state index >= 15 is 0 Å². The fourth-order valence-electron chi connectivity index (χ4n) is 6.26. The van der Waals surface area contributed by atoms with E-state index in [2.05, 4.69) is 32.2 Å². The number of rotatable bonds is 9. The van der Waals surface area contributed by atoms with Gasteiger partial charge < -0.3 is 20.1 Å². The third kappa shape index (κ3) is 5.61. The van der Waals surface area contributed by atoms with E-state index in [9.17, 15) is 14.3 Å². The first kappa shape index (κ1) is 29.2. The van der Waals surface area contributed by atoms with Gasteiger partial charge >= 0.3 is 5.97 Å². The van der Waals surface area contributed by atoms with E-state index in [1.54, 1.807) is 10.6 Å². The zero-order valence-corrected chi connectivity index (χ0v) is 25.5. The Balaban J connectivity index is 1.34. The molecule has 1 aliphatic heterocycles. The number of nitrogens with zero attached hydrogens (tertiary/aromatic N) is 5. The molecule has 0 amide bonds. The Kier molecular flexibility index (Phi) is 7.87. The molecule has 0 bridgehead atoms. The summed E-state index contributed by atoms with van der Waals surface area (Å²) in [7, 11) is 2.13. The van der Waals surface area contributed by atoms with Crippen molar-refractivity contribution in [2.24, 2.45) is 0 Å². The number of fused-ring (bicyclic) bond motifs is 8. The highest BCUT2D eigenvalue weighted by molar-refractivity contribution is 6.43. The van der Waals surface area contributed by atoms with Crippen molar-refractivity contribution in [3.63, 3.8) is 0 Å². The zero-order valence-electron chi connectivity index (χ0n) is 24.7. The van der Waals surface area contributed by atoms with Gasteiger partial charge in [-0.05, 0) is 53.0 Å². The molecule has 9 nitrogen and oxygen atoms in total. The number of carboxylic acid groups (broad SMARTS) is 1. The van der Waals surface area contributed by atoms with Crippen molar-refractivity contribution in [3.05, 3.63) is 89.6 Å². The van der Waals surface area contributed by atoms with Gasteiger partial charge in [-0.15, -0.1) is 0 Å². The number of carbonyl (C=O) groups is 1. The molecule has 1 atom stereocenters. The Morgan fingerprint density at radius 1 is 1.02 bits per heavy atom. The lowest BCUT2D eigenvalue weighted by atomic mass is 9.95. The summed E-state index contributed by atoms with van der Waals surface area (Å²) in [5, 5.41) is 22.6. The largest absolute Gasteiger partial charge is 0.491 e. The Hall–Kier alpha value is -4.51. The molecule has 0 radical (unpaired) electrons. The first-order valence-electron chi connectivity index (χ1n) is 14.9. The molecule has 45 heavy (non-hydrogen) atoms. The lowest BCUT2D eigenvalue weighted by Crippen LogP contribution is -2.45. The number of piperazine rings is 1. The highest BCUT2D eigenvalue weighted by atomic mass is 35.5. The molecule has 1 fully saturated rings. The second-order valence-corrected chi connectivity index (χ2v) is 11.9. The van der Waals surface area contributed by atoms with Crippen molar-refractivity contribution in [2.75, 3.05) is 51.7 Å². The van der Waals surface area contributed by atoms with Gasteiger partial charge in [0, 0.05) is 61.5 Å². The van der Waals surface area contributed by atoms with Crippen LogP contribution in [0.4, 0.5) is 10.2 Å². The van der Waals surface area contributed by atoms with E-state index in [1.807, 2.05) is 48.7 Å². The molecular weight excluding hydrogens is 595 g/mol. The SMILES string of the molecule is CN1CCN(CCOc2ccc3c(c2Cl)c2cc(F)ccc2c2cn4ncnc(N[C@H](Cc5ccccc5)C(=O)O)c4c23)CC1. The first-order chi connectivity index (χ1) is 21.9. The number of aliphatic carboxylic acids is 1. The van der Waals surface area contributed by atoms with Crippen molar-refractivity contribution in [1.29, 1.82) is 0 Å². The summed E-state index contributed by atoms with van der Waals surface area (Å²) in [6.45, 7) is 5.27. The molecule has 0 unspecified atom stereocenters. The first-order valence-corrected chi connectivity index (χ1v) is 15.3. The van der Waals surface area contributed by atoms with Crippen LogP contribution in [0, 0.1) is 5.82 Å². The van der Waals surface area contributed by atoms with Gasteiger partial charge in [0.2, 0.25) is 0 Å². The highest BCUT2D eigenvalue weighted by Gasteiger charge is 2.24. The molecule has 4 aromatic carbocycles. The topological polar surface area (TPSA) is 95.2 Å². The molecule has 0 spiro atoms. The maximum absolute atomic E-state index is 14.7. The predicted octanol–water partition coefficient (Wildman–Crippen LogP) is 5.72. The van der Waals surface area contributed by atoms with E-state index in [1.165, 1.54) is 18.5 Å². The smallest absolute Gasteiger partial charge is 0.326 e.